The van der Waals surface area contributed by atoms with Crippen LogP contribution in [0.25, 0.3) is 11.0 Å². The Labute approximate surface area is 157 Å². The first-order chi connectivity index (χ1) is 12.6. The van der Waals surface area contributed by atoms with E-state index in [-0.39, 0.29) is 17.6 Å². The number of carboxylic acids is 1. The van der Waals surface area contributed by atoms with Gasteiger partial charge in [-0.2, -0.15) is 0 Å². The number of carboxylic acid groups (broad SMARTS) is 1. The zero-order valence-corrected chi connectivity index (χ0v) is 15.2. The molecule has 0 spiro atoms. The van der Waals surface area contributed by atoms with Crippen molar-refractivity contribution in [3.63, 3.8) is 0 Å². The van der Waals surface area contributed by atoms with Gasteiger partial charge in [0.05, 0.1) is 22.9 Å². The number of carbonyl (C=O) groups is 2. The van der Waals surface area contributed by atoms with Crippen LogP contribution < -0.4 is 5.32 Å². The number of fused-ring (bicyclic) bond motifs is 2. The number of amides is 1. The molecule has 0 aliphatic heterocycles. The third-order valence-electron chi connectivity index (χ3n) is 4.11. The summed E-state index contributed by atoms with van der Waals surface area (Å²) in [5.74, 6) is -1.10. The minimum absolute atomic E-state index is 0.174. The van der Waals surface area contributed by atoms with E-state index < -0.39 is 5.97 Å². The van der Waals surface area contributed by atoms with Gasteiger partial charge in [-0.15, -0.1) is 11.3 Å². The van der Waals surface area contributed by atoms with Gasteiger partial charge in [-0.3, -0.25) is 9.59 Å². The summed E-state index contributed by atoms with van der Waals surface area (Å²) in [5.41, 5.74) is 2.45. The minimum atomic E-state index is -0.772. The zero-order chi connectivity index (χ0) is 18.1. The van der Waals surface area contributed by atoms with Gasteiger partial charge >= 0.3 is 5.97 Å². The van der Waals surface area contributed by atoms with E-state index in [1.165, 1.54) is 23.1 Å². The largest absolute Gasteiger partial charge is 0.481 e. The lowest BCUT2D eigenvalue weighted by Gasteiger charge is -2.16. The summed E-state index contributed by atoms with van der Waals surface area (Å²) in [5, 5.41) is 13.1. The van der Waals surface area contributed by atoms with Crippen molar-refractivity contribution in [3.8, 4) is 0 Å². The molecular formula is C17H14N4O3S2. The molecule has 0 radical (unpaired) electrons. The number of aromatic nitrogens is 3. The molecule has 4 rings (SSSR count). The maximum atomic E-state index is 12.2. The van der Waals surface area contributed by atoms with Crippen LogP contribution in [0.15, 0.2) is 17.3 Å². The van der Waals surface area contributed by atoms with Crippen molar-refractivity contribution in [2.24, 2.45) is 5.92 Å². The van der Waals surface area contributed by atoms with Crippen LogP contribution in [0.3, 0.4) is 0 Å². The zero-order valence-electron chi connectivity index (χ0n) is 13.5. The molecule has 2 aromatic heterocycles. The van der Waals surface area contributed by atoms with Crippen LogP contribution in [0.2, 0.25) is 0 Å². The maximum absolute atomic E-state index is 12.2. The van der Waals surface area contributed by atoms with Crippen LogP contribution >= 0.6 is 23.1 Å². The van der Waals surface area contributed by atoms with Gasteiger partial charge in [0.15, 0.2) is 10.3 Å². The number of thioether (sulfide) groups is 1. The molecule has 0 saturated carbocycles. The van der Waals surface area contributed by atoms with Crippen LogP contribution in [0, 0.1) is 18.1 Å². The number of aliphatic carboxylic acids is 1. The first kappa shape index (κ1) is 16.9. The number of aromatic amines is 1. The molecule has 0 saturated heterocycles. The van der Waals surface area contributed by atoms with E-state index in [1.807, 2.05) is 6.07 Å². The Bertz CT molecular complexity index is 948. The second-order valence-electron chi connectivity index (χ2n) is 5.91. The van der Waals surface area contributed by atoms with Crippen molar-refractivity contribution < 1.29 is 14.7 Å². The van der Waals surface area contributed by atoms with Crippen molar-refractivity contribution >= 4 is 51.1 Å². The lowest BCUT2D eigenvalue weighted by Crippen LogP contribution is -2.21. The molecule has 1 aliphatic rings. The number of hydrogen-bond acceptors (Lipinski definition) is 6. The Kier molecular flexibility index (Phi) is 4.53. The number of anilines is 1. The van der Waals surface area contributed by atoms with Gasteiger partial charge in [0.2, 0.25) is 5.91 Å². The highest BCUT2D eigenvalue weighted by Gasteiger charge is 2.27. The highest BCUT2D eigenvalue weighted by atomic mass is 32.2. The normalized spacial score (nSPS) is 16.1. The van der Waals surface area contributed by atoms with Gasteiger partial charge in [0.25, 0.3) is 0 Å². The molecule has 1 aromatic carbocycles. The van der Waals surface area contributed by atoms with E-state index in [1.54, 1.807) is 6.07 Å². The van der Waals surface area contributed by atoms with Crippen molar-refractivity contribution in [1.82, 2.24) is 15.0 Å². The number of hydrogen-bond donors (Lipinski definition) is 3. The molecule has 26 heavy (non-hydrogen) atoms. The van der Waals surface area contributed by atoms with Gasteiger partial charge in [-0.05, 0) is 37.5 Å². The number of imidazole rings is 1. The summed E-state index contributed by atoms with van der Waals surface area (Å²) in [6.07, 6.45) is 1.72. The van der Waals surface area contributed by atoms with Crippen LogP contribution in [-0.2, 0) is 22.4 Å². The quantitative estimate of drug-likeness (QED) is 0.582. The molecule has 2 heterocycles. The van der Waals surface area contributed by atoms with Crippen LogP contribution in [0.1, 0.15) is 17.0 Å². The third kappa shape index (κ3) is 3.52. The number of nitrogens with zero attached hydrogens (tertiary/aromatic N) is 2. The van der Waals surface area contributed by atoms with Gasteiger partial charge in [-0.25, -0.2) is 9.97 Å². The monoisotopic (exact) mass is 386 g/mol. The summed E-state index contributed by atoms with van der Waals surface area (Å²) in [6, 6.07) is 9.35. The van der Waals surface area contributed by atoms with E-state index in [0.717, 1.165) is 21.6 Å². The molecule has 1 unspecified atom stereocenters. The first-order valence-corrected chi connectivity index (χ1v) is 9.81. The van der Waals surface area contributed by atoms with Crippen molar-refractivity contribution in [2.45, 2.75) is 24.4 Å². The summed E-state index contributed by atoms with van der Waals surface area (Å²) >= 11 is 2.66. The average molecular weight is 386 g/mol. The molecule has 9 heteroatoms. The third-order valence-corrected chi connectivity index (χ3v) is 6.02. The average Bonchev–Trinajstić information content (AvgIpc) is 3.21. The highest BCUT2D eigenvalue weighted by molar-refractivity contribution is 7.99. The predicted octanol–water partition coefficient (Wildman–Crippen LogP) is 2.54. The first-order valence-electron chi connectivity index (χ1n) is 8.00. The Morgan fingerprint density at radius 1 is 1.46 bits per heavy atom. The lowest BCUT2D eigenvalue weighted by atomic mass is 9.91. The number of rotatable bonds is 5. The highest BCUT2D eigenvalue weighted by Crippen LogP contribution is 2.32. The predicted molar refractivity (Wildman–Crippen MR) is 98.4 cm³/mol. The molecule has 3 N–H and O–H groups in total. The summed E-state index contributed by atoms with van der Waals surface area (Å²) in [6.45, 7) is 0. The summed E-state index contributed by atoms with van der Waals surface area (Å²) in [4.78, 5) is 36.1. The number of aryl methyl sites for hydroxylation is 1. The van der Waals surface area contributed by atoms with E-state index in [0.29, 0.717) is 29.6 Å². The fourth-order valence-corrected chi connectivity index (χ4v) is 4.59. The fraction of sp³-hybridized carbons (Fsp3) is 0.294. The maximum Gasteiger partial charge on any atom is 0.306 e. The summed E-state index contributed by atoms with van der Waals surface area (Å²) < 4.78 is 0. The molecule has 132 valence electrons. The Hall–Kier alpha value is -2.57. The number of carbonyl (C=O) groups excluding carboxylic acids is 1. The minimum Gasteiger partial charge on any atom is -0.481 e. The van der Waals surface area contributed by atoms with Crippen LogP contribution in [-0.4, -0.2) is 37.7 Å². The molecule has 3 aromatic rings. The summed E-state index contributed by atoms with van der Waals surface area (Å²) in [7, 11) is 0. The Balaban J connectivity index is 1.36. The van der Waals surface area contributed by atoms with Crippen molar-refractivity contribution in [2.75, 3.05) is 11.1 Å². The number of H-pyrrole nitrogens is 1. The fourth-order valence-electron chi connectivity index (χ4n) is 2.81. The van der Waals surface area contributed by atoms with Gasteiger partial charge < -0.3 is 15.4 Å². The smallest absolute Gasteiger partial charge is 0.306 e. The van der Waals surface area contributed by atoms with Gasteiger partial charge in [0, 0.05) is 4.88 Å². The standard InChI is InChI=1S/C17H14N4O3S2/c22-14(8-25-16-18-10-3-1-2-4-11(10)19-16)21-17-20-12-6-5-9(15(23)24)7-13(12)26-17/h1,3,9H,5-8H2,(H,18,19)(H,23,24)(H,20,21,22). The van der Waals surface area contributed by atoms with E-state index in [2.05, 4.69) is 32.4 Å². The molecule has 7 nitrogen and oxygen atoms in total. The topological polar surface area (TPSA) is 108 Å². The van der Waals surface area contributed by atoms with E-state index >= 15 is 0 Å². The number of thiazole rings is 1. The molecule has 0 fully saturated rings. The van der Waals surface area contributed by atoms with Gasteiger partial charge in [-0.1, -0.05) is 17.8 Å². The SMILES string of the molecule is O=C(CSc1nc2ccc#cc2[nH]1)Nc1nc2c(s1)CC(C(=O)O)CC2. The molecule has 0 bridgehead atoms. The van der Waals surface area contributed by atoms with Crippen LogP contribution in [0.5, 0.6) is 0 Å². The molecule has 1 atom stereocenters. The van der Waals surface area contributed by atoms with Crippen molar-refractivity contribution in [1.29, 1.82) is 0 Å². The Morgan fingerprint density at radius 3 is 3.15 bits per heavy atom. The number of nitrogens with one attached hydrogen (secondary N) is 2. The Morgan fingerprint density at radius 2 is 2.35 bits per heavy atom. The molecule has 1 aliphatic carbocycles. The van der Waals surface area contributed by atoms with Gasteiger partial charge in [0.1, 0.15) is 5.52 Å². The van der Waals surface area contributed by atoms with E-state index in [4.69, 9.17) is 5.11 Å². The second-order valence-corrected chi connectivity index (χ2v) is 7.96. The lowest BCUT2D eigenvalue weighted by molar-refractivity contribution is -0.142. The van der Waals surface area contributed by atoms with Crippen molar-refractivity contribution in [3.05, 3.63) is 34.8 Å². The molecular weight excluding hydrogens is 372 g/mol. The second kappa shape index (κ2) is 6.97. The molecule has 1 amide bonds. The van der Waals surface area contributed by atoms with Crippen LogP contribution in [0.4, 0.5) is 5.13 Å². The van der Waals surface area contributed by atoms with E-state index in [9.17, 15) is 9.59 Å².